The van der Waals surface area contributed by atoms with Crippen LogP contribution >= 0.6 is 0 Å². The smallest absolute Gasteiger partial charge is 0.226 e. The lowest BCUT2D eigenvalue weighted by Gasteiger charge is -2.09. The van der Waals surface area contributed by atoms with E-state index < -0.39 is 0 Å². The van der Waals surface area contributed by atoms with Crippen molar-refractivity contribution >= 4 is 33.8 Å². The van der Waals surface area contributed by atoms with Crippen LogP contribution in [-0.2, 0) is 4.79 Å². The van der Waals surface area contributed by atoms with E-state index in [2.05, 4.69) is 35.5 Å². The number of halogens is 1. The second-order valence-electron chi connectivity index (χ2n) is 8.95. The molecule has 0 unspecified atom stereocenters. The summed E-state index contributed by atoms with van der Waals surface area (Å²) >= 11 is 0. The molecule has 9 nitrogen and oxygen atoms in total. The van der Waals surface area contributed by atoms with Crippen molar-refractivity contribution < 1.29 is 9.18 Å². The van der Waals surface area contributed by atoms with Crippen LogP contribution in [0.2, 0.25) is 0 Å². The number of H-pyrrole nitrogens is 2. The summed E-state index contributed by atoms with van der Waals surface area (Å²) in [5.74, 6) is 0.00428. The third kappa shape index (κ3) is 4.18. The maximum absolute atomic E-state index is 13.4. The van der Waals surface area contributed by atoms with Crippen molar-refractivity contribution in [3.8, 4) is 33.8 Å². The minimum atomic E-state index is -0.300. The number of pyridine rings is 3. The second kappa shape index (κ2) is 8.90. The molecule has 182 valence electrons. The SMILES string of the molecule is CC(C)C(=O)Nc1cncc(-c2cnc3[nH]nc(-c4nc5c(-c6ccc(F)cc6)ccnc5[nH]4)c3c2)c1. The number of hydrogen-bond donors (Lipinski definition) is 3. The molecule has 6 aromatic rings. The molecule has 0 radical (unpaired) electrons. The molecule has 0 spiro atoms. The summed E-state index contributed by atoms with van der Waals surface area (Å²) in [6, 6.07) is 11.9. The lowest BCUT2D eigenvalue weighted by molar-refractivity contribution is -0.118. The highest BCUT2D eigenvalue weighted by Crippen LogP contribution is 2.32. The zero-order valence-corrected chi connectivity index (χ0v) is 20.0. The van der Waals surface area contributed by atoms with Crippen molar-refractivity contribution in [1.82, 2.24) is 35.1 Å². The first-order valence-corrected chi connectivity index (χ1v) is 11.7. The lowest BCUT2D eigenvalue weighted by Crippen LogP contribution is -2.17. The van der Waals surface area contributed by atoms with E-state index >= 15 is 0 Å². The molecule has 1 amide bonds. The Hall–Kier alpha value is -4.99. The monoisotopic (exact) mass is 492 g/mol. The molecule has 3 N–H and O–H groups in total. The summed E-state index contributed by atoms with van der Waals surface area (Å²) in [5.41, 5.74) is 6.32. The first kappa shape index (κ1) is 22.5. The standard InChI is InChI=1S/C27H21FN8O/c1-14(2)27(37)32-19-9-16(11-29-13-19)17-10-21-23(35-36-24(21)31-12-17)26-33-22-20(7-8-30-25(22)34-26)15-3-5-18(28)6-4-15/h3-14H,1-2H3,(H,32,37)(H,30,33,34)(H,31,35,36). The van der Waals surface area contributed by atoms with Crippen LogP contribution in [0.25, 0.3) is 56.0 Å². The van der Waals surface area contributed by atoms with E-state index in [1.807, 2.05) is 32.0 Å². The quantitative estimate of drug-likeness (QED) is 0.298. The number of imidazole rings is 1. The predicted octanol–water partition coefficient (Wildman–Crippen LogP) is 5.36. The first-order chi connectivity index (χ1) is 18.0. The average Bonchev–Trinajstić information content (AvgIpc) is 3.53. The van der Waals surface area contributed by atoms with Crippen molar-refractivity contribution in [1.29, 1.82) is 0 Å². The fourth-order valence-electron chi connectivity index (χ4n) is 4.08. The zero-order chi connectivity index (χ0) is 25.5. The fraction of sp³-hybridized carbons (Fsp3) is 0.111. The van der Waals surface area contributed by atoms with Gasteiger partial charge in [0.25, 0.3) is 0 Å². The van der Waals surface area contributed by atoms with E-state index in [0.29, 0.717) is 34.0 Å². The van der Waals surface area contributed by atoms with Gasteiger partial charge in [-0.1, -0.05) is 26.0 Å². The normalized spacial score (nSPS) is 11.5. The van der Waals surface area contributed by atoms with Gasteiger partial charge in [-0.2, -0.15) is 5.10 Å². The molecule has 5 aromatic heterocycles. The Morgan fingerprint density at radius 2 is 1.76 bits per heavy atom. The molecular formula is C27H21FN8O. The van der Waals surface area contributed by atoms with E-state index in [1.54, 1.807) is 36.9 Å². The highest BCUT2D eigenvalue weighted by atomic mass is 19.1. The number of rotatable bonds is 5. The molecule has 10 heteroatoms. The van der Waals surface area contributed by atoms with E-state index in [-0.39, 0.29) is 17.6 Å². The number of fused-ring (bicyclic) bond motifs is 2. The fourth-order valence-corrected chi connectivity index (χ4v) is 4.08. The van der Waals surface area contributed by atoms with E-state index in [4.69, 9.17) is 4.98 Å². The Bertz CT molecular complexity index is 1770. The number of aromatic amines is 2. The minimum absolute atomic E-state index is 0.0804. The average molecular weight is 493 g/mol. The topological polar surface area (TPSA) is 125 Å². The van der Waals surface area contributed by atoms with Crippen LogP contribution in [0.15, 0.2) is 67.3 Å². The van der Waals surface area contributed by atoms with Crippen LogP contribution in [0.3, 0.4) is 0 Å². The van der Waals surface area contributed by atoms with Gasteiger partial charge in [-0.15, -0.1) is 0 Å². The molecule has 0 bridgehead atoms. The number of anilines is 1. The largest absolute Gasteiger partial charge is 0.324 e. The van der Waals surface area contributed by atoms with Crippen LogP contribution in [0.1, 0.15) is 13.8 Å². The highest BCUT2D eigenvalue weighted by Gasteiger charge is 2.17. The van der Waals surface area contributed by atoms with Gasteiger partial charge in [-0.05, 0) is 35.9 Å². The summed E-state index contributed by atoms with van der Waals surface area (Å²) in [5, 5.41) is 11.0. The summed E-state index contributed by atoms with van der Waals surface area (Å²) in [6.45, 7) is 3.67. The number of hydrogen-bond acceptors (Lipinski definition) is 6. The number of aromatic nitrogens is 7. The highest BCUT2D eigenvalue weighted by molar-refractivity contribution is 5.96. The zero-order valence-electron chi connectivity index (χ0n) is 20.0. The van der Waals surface area contributed by atoms with Gasteiger partial charge in [-0.3, -0.25) is 14.9 Å². The molecule has 5 heterocycles. The Labute approximate surface area is 210 Å². The van der Waals surface area contributed by atoms with Crippen LogP contribution in [0.5, 0.6) is 0 Å². The molecular weight excluding hydrogens is 471 g/mol. The van der Waals surface area contributed by atoms with Crippen molar-refractivity contribution in [3.63, 3.8) is 0 Å². The van der Waals surface area contributed by atoms with Gasteiger partial charge in [0.15, 0.2) is 17.1 Å². The molecule has 0 aliphatic rings. The van der Waals surface area contributed by atoms with Gasteiger partial charge in [-0.25, -0.2) is 19.3 Å². The number of carbonyl (C=O) groups is 1. The van der Waals surface area contributed by atoms with Crippen molar-refractivity contribution in [2.24, 2.45) is 5.92 Å². The molecule has 0 saturated heterocycles. The summed E-state index contributed by atoms with van der Waals surface area (Å²) in [6.07, 6.45) is 6.73. The molecule has 37 heavy (non-hydrogen) atoms. The van der Waals surface area contributed by atoms with Crippen LogP contribution in [0, 0.1) is 11.7 Å². The predicted molar refractivity (Wildman–Crippen MR) is 139 cm³/mol. The summed E-state index contributed by atoms with van der Waals surface area (Å²) < 4.78 is 13.4. The second-order valence-corrected chi connectivity index (χ2v) is 8.95. The summed E-state index contributed by atoms with van der Waals surface area (Å²) in [4.78, 5) is 33.4. The summed E-state index contributed by atoms with van der Waals surface area (Å²) in [7, 11) is 0. The van der Waals surface area contributed by atoms with E-state index in [9.17, 15) is 9.18 Å². The Kier molecular flexibility index (Phi) is 5.41. The Morgan fingerprint density at radius 3 is 2.57 bits per heavy atom. The maximum Gasteiger partial charge on any atom is 0.226 e. The van der Waals surface area contributed by atoms with Gasteiger partial charge in [0.1, 0.15) is 17.0 Å². The lowest BCUT2D eigenvalue weighted by atomic mass is 10.1. The Balaban J connectivity index is 1.41. The van der Waals surface area contributed by atoms with E-state index in [0.717, 1.165) is 27.6 Å². The van der Waals surface area contributed by atoms with Crippen molar-refractivity contribution in [2.45, 2.75) is 13.8 Å². The van der Waals surface area contributed by atoms with Gasteiger partial charge >= 0.3 is 0 Å². The molecule has 6 rings (SSSR count). The number of carbonyl (C=O) groups excluding carboxylic acids is 1. The molecule has 0 saturated carbocycles. The third-order valence-electron chi connectivity index (χ3n) is 6.04. The maximum atomic E-state index is 13.4. The number of nitrogens with zero attached hydrogens (tertiary/aromatic N) is 5. The van der Waals surface area contributed by atoms with Crippen LogP contribution in [0.4, 0.5) is 10.1 Å². The number of benzene rings is 1. The van der Waals surface area contributed by atoms with Crippen LogP contribution in [-0.4, -0.2) is 41.0 Å². The molecule has 1 aromatic carbocycles. The van der Waals surface area contributed by atoms with Crippen LogP contribution < -0.4 is 5.32 Å². The van der Waals surface area contributed by atoms with Gasteiger partial charge in [0.05, 0.1) is 17.3 Å². The molecule has 0 fully saturated rings. The van der Waals surface area contributed by atoms with Crippen molar-refractivity contribution in [3.05, 3.63) is 73.1 Å². The molecule has 0 aliphatic heterocycles. The number of amides is 1. The van der Waals surface area contributed by atoms with E-state index in [1.165, 1.54) is 12.1 Å². The van der Waals surface area contributed by atoms with Crippen molar-refractivity contribution in [2.75, 3.05) is 5.32 Å². The first-order valence-electron chi connectivity index (χ1n) is 11.7. The molecule has 0 aliphatic carbocycles. The molecule has 0 atom stereocenters. The minimum Gasteiger partial charge on any atom is -0.324 e. The van der Waals surface area contributed by atoms with Gasteiger partial charge < -0.3 is 10.3 Å². The third-order valence-corrected chi connectivity index (χ3v) is 6.04. The number of nitrogens with one attached hydrogen (secondary N) is 3. The Morgan fingerprint density at radius 1 is 0.946 bits per heavy atom. The van der Waals surface area contributed by atoms with Gasteiger partial charge in [0.2, 0.25) is 5.91 Å². The van der Waals surface area contributed by atoms with Gasteiger partial charge in [0, 0.05) is 41.2 Å².